The van der Waals surface area contributed by atoms with E-state index in [1.165, 1.54) is 40.2 Å². The first kappa shape index (κ1) is 22.4. The van der Waals surface area contributed by atoms with Gasteiger partial charge in [-0.05, 0) is 38.8 Å². The Labute approximate surface area is 176 Å². The van der Waals surface area contributed by atoms with Crippen LogP contribution in [0.3, 0.4) is 0 Å². The molecule has 2 aromatic rings. The van der Waals surface area contributed by atoms with Crippen LogP contribution in [0, 0.1) is 0 Å². The molecule has 1 saturated heterocycles. The fourth-order valence-electron chi connectivity index (χ4n) is 3.75. The fraction of sp³-hybridized carbons (Fsp3) is 0.550. The third-order valence-corrected chi connectivity index (χ3v) is 7.41. The molecule has 3 rings (SSSR count). The number of ketones is 1. The van der Waals surface area contributed by atoms with Gasteiger partial charge < -0.3 is 4.74 Å². The summed E-state index contributed by atoms with van der Waals surface area (Å²) in [4.78, 5) is 24.1. The van der Waals surface area contributed by atoms with Crippen LogP contribution in [0.15, 0.2) is 34.0 Å². The van der Waals surface area contributed by atoms with E-state index in [9.17, 15) is 18.0 Å². The maximum Gasteiger partial charge on any atom is 0.345 e. The normalized spacial score (nSPS) is 16.1. The van der Waals surface area contributed by atoms with Gasteiger partial charge >= 0.3 is 5.69 Å². The van der Waals surface area contributed by atoms with Crippen LogP contribution in [0.2, 0.25) is 0 Å². The van der Waals surface area contributed by atoms with E-state index in [0.717, 1.165) is 0 Å². The number of sulfonamides is 1. The van der Waals surface area contributed by atoms with Crippen molar-refractivity contribution >= 4 is 15.8 Å². The van der Waals surface area contributed by atoms with Crippen molar-refractivity contribution in [2.24, 2.45) is 0 Å². The average molecular weight is 437 g/mol. The first-order valence-corrected chi connectivity index (χ1v) is 11.5. The average Bonchev–Trinajstić information content (AvgIpc) is 3.07. The number of piperidine rings is 1. The smallest absolute Gasteiger partial charge is 0.345 e. The van der Waals surface area contributed by atoms with Crippen molar-refractivity contribution in [3.05, 3.63) is 46.1 Å². The van der Waals surface area contributed by atoms with E-state index in [1.807, 2.05) is 6.92 Å². The molecule has 0 amide bonds. The third kappa shape index (κ3) is 4.40. The molecule has 0 aliphatic carbocycles. The van der Waals surface area contributed by atoms with Crippen LogP contribution in [0.25, 0.3) is 0 Å². The molecule has 1 aliphatic heterocycles. The van der Waals surface area contributed by atoms with Crippen molar-refractivity contribution in [1.82, 2.24) is 18.7 Å². The van der Waals surface area contributed by atoms with Crippen LogP contribution in [0.1, 0.15) is 48.8 Å². The van der Waals surface area contributed by atoms with Crippen molar-refractivity contribution in [1.29, 1.82) is 0 Å². The molecule has 1 aromatic carbocycles. The van der Waals surface area contributed by atoms with Gasteiger partial charge in [0.25, 0.3) is 0 Å². The molecule has 1 fully saturated rings. The Hall–Kier alpha value is -2.30. The highest BCUT2D eigenvalue weighted by Crippen LogP contribution is 2.29. The Morgan fingerprint density at radius 2 is 1.83 bits per heavy atom. The van der Waals surface area contributed by atoms with Crippen molar-refractivity contribution in [3.8, 4) is 0 Å². The van der Waals surface area contributed by atoms with E-state index >= 15 is 0 Å². The minimum atomic E-state index is -3.63. The summed E-state index contributed by atoms with van der Waals surface area (Å²) in [5.74, 6) is 0.626. The van der Waals surface area contributed by atoms with Gasteiger partial charge in [0.2, 0.25) is 10.0 Å². The molecule has 0 radical (unpaired) electrons. The highest BCUT2D eigenvalue weighted by atomic mass is 32.2. The van der Waals surface area contributed by atoms with Gasteiger partial charge in [-0.3, -0.25) is 9.36 Å². The van der Waals surface area contributed by atoms with Gasteiger partial charge in [-0.2, -0.15) is 9.40 Å². The summed E-state index contributed by atoms with van der Waals surface area (Å²) in [7, 11) is -2.05. The van der Waals surface area contributed by atoms with Crippen molar-refractivity contribution in [2.75, 3.05) is 26.8 Å². The first-order chi connectivity index (χ1) is 14.3. The predicted octanol–water partition coefficient (Wildman–Crippen LogP) is 1.48. The molecule has 0 atom stereocenters. The first-order valence-electron chi connectivity index (χ1n) is 10.1. The number of hydrogen-bond acceptors (Lipinski definition) is 6. The lowest BCUT2D eigenvalue weighted by atomic mass is 9.97. The summed E-state index contributed by atoms with van der Waals surface area (Å²) >= 11 is 0. The standard InChI is InChI=1S/C20H28N4O5S/c1-4-23-19(21-24(20(23)26)13-14-29-3)17-9-11-22(12-10-17)30(27,28)18-7-5-16(6-8-18)15(2)25/h5-8,17H,4,9-14H2,1-3H3. The fourth-order valence-corrected chi connectivity index (χ4v) is 5.22. The number of hydrogen-bond donors (Lipinski definition) is 0. The van der Waals surface area contributed by atoms with Crippen LogP contribution in [0.4, 0.5) is 0 Å². The number of nitrogens with zero attached hydrogens (tertiary/aromatic N) is 4. The number of aromatic nitrogens is 3. The Bertz CT molecular complexity index is 1050. The molecule has 0 spiro atoms. The monoisotopic (exact) mass is 436 g/mol. The van der Waals surface area contributed by atoms with Gasteiger partial charge in [0.15, 0.2) is 5.78 Å². The predicted molar refractivity (Wildman–Crippen MR) is 111 cm³/mol. The molecule has 0 N–H and O–H groups in total. The van der Waals surface area contributed by atoms with Gasteiger partial charge in [-0.1, -0.05) is 12.1 Å². The van der Waals surface area contributed by atoms with Crippen LogP contribution in [-0.2, 0) is 27.8 Å². The summed E-state index contributed by atoms with van der Waals surface area (Å²) in [6, 6.07) is 6.03. The molecular formula is C20H28N4O5S. The molecule has 30 heavy (non-hydrogen) atoms. The maximum absolute atomic E-state index is 13.0. The van der Waals surface area contributed by atoms with E-state index in [-0.39, 0.29) is 22.3 Å². The zero-order chi connectivity index (χ0) is 21.9. The highest BCUT2D eigenvalue weighted by molar-refractivity contribution is 7.89. The minimum absolute atomic E-state index is 0.0213. The Morgan fingerprint density at radius 3 is 2.37 bits per heavy atom. The number of benzene rings is 1. The van der Waals surface area contributed by atoms with Crippen LogP contribution < -0.4 is 5.69 Å². The Kier molecular flexibility index (Phi) is 6.89. The van der Waals surface area contributed by atoms with E-state index in [2.05, 4.69) is 5.10 Å². The largest absolute Gasteiger partial charge is 0.383 e. The van der Waals surface area contributed by atoms with Crippen molar-refractivity contribution in [3.63, 3.8) is 0 Å². The van der Waals surface area contributed by atoms with E-state index in [4.69, 9.17) is 4.74 Å². The lowest BCUT2D eigenvalue weighted by Crippen LogP contribution is -2.38. The molecule has 0 bridgehead atoms. The van der Waals surface area contributed by atoms with Gasteiger partial charge in [-0.25, -0.2) is 17.9 Å². The summed E-state index contributed by atoms with van der Waals surface area (Å²) in [6.45, 7) is 5.35. The molecule has 1 aliphatic rings. The molecule has 164 valence electrons. The van der Waals surface area contributed by atoms with Crippen LogP contribution in [0.5, 0.6) is 0 Å². The molecule has 0 unspecified atom stereocenters. The summed E-state index contributed by atoms with van der Waals surface area (Å²) in [5.41, 5.74) is 0.319. The maximum atomic E-state index is 13.0. The number of rotatable bonds is 8. The van der Waals surface area contributed by atoms with Crippen molar-refractivity contribution in [2.45, 2.75) is 50.6 Å². The zero-order valence-corrected chi connectivity index (χ0v) is 18.4. The second-order valence-corrected chi connectivity index (χ2v) is 9.30. The minimum Gasteiger partial charge on any atom is -0.383 e. The van der Waals surface area contributed by atoms with Gasteiger partial charge in [0.1, 0.15) is 5.82 Å². The molecule has 9 nitrogen and oxygen atoms in total. The number of ether oxygens (including phenoxy) is 1. The zero-order valence-electron chi connectivity index (χ0n) is 17.6. The summed E-state index contributed by atoms with van der Waals surface area (Å²) < 4.78 is 35.5. The summed E-state index contributed by atoms with van der Waals surface area (Å²) in [5, 5.41) is 4.50. The van der Waals surface area contributed by atoms with Crippen molar-refractivity contribution < 1.29 is 17.9 Å². The van der Waals surface area contributed by atoms with Crippen LogP contribution in [-0.4, -0.2) is 59.7 Å². The topological polar surface area (TPSA) is 104 Å². The SMILES string of the molecule is CCn1c(C2CCN(S(=O)(=O)c3ccc(C(C)=O)cc3)CC2)nn(CCOC)c1=O. The molecule has 2 heterocycles. The molecular weight excluding hydrogens is 408 g/mol. The second kappa shape index (κ2) is 9.23. The van der Waals surface area contributed by atoms with Gasteiger partial charge in [0, 0.05) is 38.2 Å². The van der Waals surface area contributed by atoms with E-state index in [1.54, 1.807) is 11.7 Å². The quantitative estimate of drug-likeness (QED) is 0.581. The Balaban J connectivity index is 1.74. The number of Topliss-reactive ketones (excluding diaryl/α,β-unsaturated/α-hetero) is 1. The number of methoxy groups -OCH3 is 1. The molecule has 10 heteroatoms. The molecule has 1 aromatic heterocycles. The van der Waals surface area contributed by atoms with Gasteiger partial charge in [-0.15, -0.1) is 0 Å². The number of carbonyl (C=O) groups excluding carboxylic acids is 1. The Morgan fingerprint density at radius 1 is 1.20 bits per heavy atom. The lowest BCUT2D eigenvalue weighted by Gasteiger charge is -2.30. The van der Waals surface area contributed by atoms with Gasteiger partial charge in [0.05, 0.1) is 18.0 Å². The summed E-state index contributed by atoms with van der Waals surface area (Å²) in [6.07, 6.45) is 1.18. The lowest BCUT2D eigenvalue weighted by molar-refractivity contribution is 0.101. The molecule has 0 saturated carbocycles. The van der Waals surface area contributed by atoms with E-state index < -0.39 is 10.0 Å². The number of carbonyl (C=O) groups is 1. The van der Waals surface area contributed by atoms with E-state index in [0.29, 0.717) is 57.0 Å². The highest BCUT2D eigenvalue weighted by Gasteiger charge is 2.32. The second-order valence-electron chi connectivity index (χ2n) is 7.36. The third-order valence-electron chi connectivity index (χ3n) is 5.49. The van der Waals surface area contributed by atoms with Crippen LogP contribution >= 0.6 is 0 Å².